The molecule has 2 amide bonds. The lowest BCUT2D eigenvalue weighted by Crippen LogP contribution is -2.52. The number of hydrogen-bond acceptors (Lipinski definition) is 5. The fraction of sp³-hybridized carbons (Fsp3) is 0.333. The van der Waals surface area contributed by atoms with E-state index in [0.717, 1.165) is 30.0 Å². The zero-order valence-electron chi connectivity index (χ0n) is 22.9. The van der Waals surface area contributed by atoms with Crippen molar-refractivity contribution in [2.75, 3.05) is 18.0 Å². The molecule has 0 radical (unpaired) electrons. The van der Waals surface area contributed by atoms with Crippen LogP contribution < -0.4 is 14.4 Å². The highest BCUT2D eigenvalue weighted by Gasteiger charge is 2.33. The van der Waals surface area contributed by atoms with Crippen molar-refractivity contribution in [2.24, 2.45) is 0 Å². The third-order valence-electron chi connectivity index (χ3n) is 7.14. The van der Waals surface area contributed by atoms with E-state index < -0.39 is 28.5 Å². The SMILES string of the molecule is COc1ccc(N(CC(=O)N(Cc2cccc(Cl)c2)C(C)C(=O)NC2CCCC2)S(=O)(=O)c2ccccc2)cc1Cl. The first-order valence-electron chi connectivity index (χ1n) is 13.4. The van der Waals surface area contributed by atoms with Crippen molar-refractivity contribution in [3.8, 4) is 5.75 Å². The smallest absolute Gasteiger partial charge is 0.264 e. The molecule has 1 atom stereocenters. The Morgan fingerprint density at radius 3 is 2.34 bits per heavy atom. The fourth-order valence-electron chi connectivity index (χ4n) is 4.87. The Morgan fingerprint density at radius 1 is 1.00 bits per heavy atom. The van der Waals surface area contributed by atoms with Gasteiger partial charge in [-0.05, 0) is 67.8 Å². The van der Waals surface area contributed by atoms with Gasteiger partial charge < -0.3 is 15.0 Å². The molecule has 4 rings (SSSR count). The second-order valence-corrected chi connectivity index (χ2v) is 12.7. The number of halogens is 2. The van der Waals surface area contributed by atoms with E-state index in [1.165, 1.54) is 42.3 Å². The molecule has 41 heavy (non-hydrogen) atoms. The molecule has 0 aliphatic heterocycles. The lowest BCUT2D eigenvalue weighted by molar-refractivity contribution is -0.139. The summed E-state index contributed by atoms with van der Waals surface area (Å²) in [7, 11) is -2.75. The van der Waals surface area contributed by atoms with Crippen molar-refractivity contribution in [1.29, 1.82) is 0 Å². The molecule has 1 N–H and O–H groups in total. The predicted octanol–water partition coefficient (Wildman–Crippen LogP) is 5.67. The number of carbonyl (C=O) groups excluding carboxylic acids is 2. The molecule has 3 aromatic rings. The lowest BCUT2D eigenvalue weighted by Gasteiger charge is -2.32. The molecule has 0 heterocycles. The van der Waals surface area contributed by atoms with Crippen LogP contribution in [0.4, 0.5) is 5.69 Å². The molecule has 0 bridgehead atoms. The molecule has 218 valence electrons. The normalized spacial score (nSPS) is 14.3. The van der Waals surface area contributed by atoms with E-state index in [-0.39, 0.29) is 34.1 Å². The minimum atomic E-state index is -4.20. The van der Waals surface area contributed by atoms with Crippen molar-refractivity contribution in [1.82, 2.24) is 10.2 Å². The zero-order valence-corrected chi connectivity index (χ0v) is 25.3. The summed E-state index contributed by atoms with van der Waals surface area (Å²) in [5, 5.41) is 3.72. The largest absolute Gasteiger partial charge is 0.495 e. The zero-order chi connectivity index (χ0) is 29.6. The van der Waals surface area contributed by atoms with E-state index in [4.69, 9.17) is 27.9 Å². The molecule has 1 unspecified atom stereocenters. The third-order valence-corrected chi connectivity index (χ3v) is 9.46. The maximum atomic E-state index is 14.0. The van der Waals surface area contributed by atoms with Crippen LogP contribution in [0.1, 0.15) is 38.2 Å². The van der Waals surface area contributed by atoms with Crippen LogP contribution in [0.25, 0.3) is 0 Å². The molecule has 1 saturated carbocycles. The number of methoxy groups -OCH3 is 1. The quantitative estimate of drug-likeness (QED) is 0.299. The molecule has 1 aliphatic rings. The molecular weight excluding hydrogens is 585 g/mol. The van der Waals surface area contributed by atoms with Gasteiger partial charge in [-0.1, -0.05) is 66.4 Å². The van der Waals surface area contributed by atoms with Gasteiger partial charge in [-0.2, -0.15) is 0 Å². The van der Waals surface area contributed by atoms with Gasteiger partial charge in [0.15, 0.2) is 0 Å². The summed E-state index contributed by atoms with van der Waals surface area (Å²) in [6.45, 7) is 1.13. The lowest BCUT2D eigenvalue weighted by atomic mass is 10.1. The first-order valence-corrected chi connectivity index (χ1v) is 15.6. The number of anilines is 1. The van der Waals surface area contributed by atoms with Crippen LogP contribution in [0, 0.1) is 0 Å². The van der Waals surface area contributed by atoms with Gasteiger partial charge >= 0.3 is 0 Å². The van der Waals surface area contributed by atoms with Gasteiger partial charge in [-0.15, -0.1) is 0 Å². The van der Waals surface area contributed by atoms with Crippen molar-refractivity contribution in [2.45, 2.75) is 56.1 Å². The average molecular weight is 619 g/mol. The number of benzene rings is 3. The van der Waals surface area contributed by atoms with E-state index in [2.05, 4.69) is 5.32 Å². The highest BCUT2D eigenvalue weighted by molar-refractivity contribution is 7.92. The second-order valence-electron chi connectivity index (χ2n) is 9.96. The van der Waals surface area contributed by atoms with Crippen LogP contribution >= 0.6 is 23.2 Å². The number of nitrogens with zero attached hydrogens (tertiary/aromatic N) is 2. The first-order chi connectivity index (χ1) is 19.6. The summed E-state index contributed by atoms with van der Waals surface area (Å²) >= 11 is 12.6. The minimum Gasteiger partial charge on any atom is -0.495 e. The molecule has 0 saturated heterocycles. The summed E-state index contributed by atoms with van der Waals surface area (Å²) in [5.41, 5.74) is 0.884. The van der Waals surface area contributed by atoms with E-state index >= 15 is 0 Å². The third kappa shape index (κ3) is 7.52. The molecule has 0 aromatic heterocycles. The van der Waals surface area contributed by atoms with Gasteiger partial charge in [-0.25, -0.2) is 8.42 Å². The van der Waals surface area contributed by atoms with E-state index in [1.54, 1.807) is 49.4 Å². The Labute approximate surface area is 251 Å². The highest BCUT2D eigenvalue weighted by atomic mass is 35.5. The number of ether oxygens (including phenoxy) is 1. The maximum Gasteiger partial charge on any atom is 0.264 e. The topological polar surface area (TPSA) is 96.0 Å². The average Bonchev–Trinajstić information content (AvgIpc) is 3.47. The maximum absolute atomic E-state index is 14.0. The first kappa shape index (κ1) is 30.7. The van der Waals surface area contributed by atoms with Crippen LogP contribution in [0.5, 0.6) is 5.75 Å². The molecule has 1 aliphatic carbocycles. The second kappa shape index (κ2) is 13.6. The van der Waals surface area contributed by atoms with E-state index in [9.17, 15) is 18.0 Å². The Kier molecular flexibility index (Phi) is 10.2. The summed E-state index contributed by atoms with van der Waals surface area (Å²) in [5.74, 6) is -0.499. The molecular formula is C30H33Cl2N3O5S. The number of carbonyl (C=O) groups is 2. The van der Waals surface area contributed by atoms with Crippen LogP contribution in [-0.4, -0.2) is 50.9 Å². The summed E-state index contributed by atoms with van der Waals surface area (Å²) in [6.07, 6.45) is 3.87. The Balaban J connectivity index is 1.70. The molecule has 11 heteroatoms. The van der Waals surface area contributed by atoms with Gasteiger partial charge in [-0.3, -0.25) is 13.9 Å². The van der Waals surface area contributed by atoms with Crippen molar-refractivity contribution < 1.29 is 22.7 Å². The molecule has 3 aromatic carbocycles. The van der Waals surface area contributed by atoms with Gasteiger partial charge in [0.1, 0.15) is 18.3 Å². The van der Waals surface area contributed by atoms with Crippen molar-refractivity contribution >= 4 is 50.7 Å². The Morgan fingerprint density at radius 2 is 1.71 bits per heavy atom. The van der Waals surface area contributed by atoms with Gasteiger partial charge in [0, 0.05) is 17.6 Å². The van der Waals surface area contributed by atoms with Gasteiger partial charge in [0.05, 0.1) is 22.7 Å². The predicted molar refractivity (Wildman–Crippen MR) is 161 cm³/mol. The van der Waals surface area contributed by atoms with Crippen molar-refractivity contribution in [3.05, 3.63) is 88.4 Å². The van der Waals surface area contributed by atoms with E-state index in [1.807, 2.05) is 0 Å². The Bertz CT molecular complexity index is 1480. The number of rotatable bonds is 11. The minimum absolute atomic E-state index is 0.00755. The summed E-state index contributed by atoms with van der Waals surface area (Å²) in [6, 6.07) is 18.5. The monoisotopic (exact) mass is 617 g/mol. The number of amides is 2. The van der Waals surface area contributed by atoms with Gasteiger partial charge in [0.25, 0.3) is 10.0 Å². The standard InChI is InChI=1S/C30H33Cl2N3O5S/c1-21(30(37)33-24-11-6-7-12-24)34(19-22-9-8-10-23(31)17-22)29(36)20-35(25-15-16-28(40-2)27(32)18-25)41(38,39)26-13-4-3-5-14-26/h3-5,8-10,13-18,21,24H,6-7,11-12,19-20H2,1-2H3,(H,33,37). The fourth-order valence-corrected chi connectivity index (χ4v) is 6.76. The molecule has 8 nitrogen and oxygen atoms in total. The Hall–Kier alpha value is -3.27. The number of sulfonamides is 1. The highest BCUT2D eigenvalue weighted by Crippen LogP contribution is 2.32. The van der Waals surface area contributed by atoms with Gasteiger partial charge in [0.2, 0.25) is 11.8 Å². The van der Waals surface area contributed by atoms with Crippen LogP contribution in [0.2, 0.25) is 10.0 Å². The summed E-state index contributed by atoms with van der Waals surface area (Å²) < 4.78 is 34.0. The van der Waals surface area contributed by atoms with E-state index in [0.29, 0.717) is 16.3 Å². The van der Waals surface area contributed by atoms with Crippen molar-refractivity contribution in [3.63, 3.8) is 0 Å². The summed E-state index contributed by atoms with van der Waals surface area (Å²) in [4.78, 5) is 28.7. The molecule has 1 fully saturated rings. The molecule has 0 spiro atoms. The number of hydrogen-bond donors (Lipinski definition) is 1. The van der Waals surface area contributed by atoms with Crippen LogP contribution in [-0.2, 0) is 26.2 Å². The number of nitrogens with one attached hydrogen (secondary N) is 1. The van der Waals surface area contributed by atoms with Crippen LogP contribution in [0.15, 0.2) is 77.7 Å². The van der Waals surface area contributed by atoms with Crippen LogP contribution in [0.3, 0.4) is 0 Å².